The molecule has 4 rings (SSSR count). The molecule has 1 aliphatic rings. The van der Waals surface area contributed by atoms with Gasteiger partial charge in [0.1, 0.15) is 5.82 Å². The summed E-state index contributed by atoms with van der Waals surface area (Å²) in [5.41, 5.74) is 2.78. The Kier molecular flexibility index (Phi) is 6.36. The topological polar surface area (TPSA) is 83.9 Å². The highest BCUT2D eigenvalue weighted by atomic mass is 32.1. The molecule has 1 saturated heterocycles. The number of pyridine rings is 1. The maximum absolute atomic E-state index is 13.0. The van der Waals surface area contributed by atoms with Crippen molar-refractivity contribution in [3.8, 4) is 0 Å². The van der Waals surface area contributed by atoms with E-state index in [9.17, 15) is 4.79 Å². The Balaban J connectivity index is 1.56. The second kappa shape index (κ2) is 9.34. The molecule has 3 aromatic rings. The van der Waals surface area contributed by atoms with Crippen LogP contribution in [0.25, 0.3) is 6.08 Å². The van der Waals surface area contributed by atoms with E-state index in [-0.39, 0.29) is 11.9 Å². The van der Waals surface area contributed by atoms with Crippen molar-refractivity contribution >= 4 is 34.3 Å². The second-order valence-electron chi connectivity index (χ2n) is 7.70. The van der Waals surface area contributed by atoms with E-state index in [0.29, 0.717) is 18.2 Å². The van der Waals surface area contributed by atoms with Crippen molar-refractivity contribution in [3.63, 3.8) is 0 Å². The minimum atomic E-state index is -0.139. The Morgan fingerprint density at radius 1 is 1.23 bits per heavy atom. The molecule has 0 aromatic carbocycles. The molecule has 0 saturated carbocycles. The molecule has 1 fully saturated rings. The molecule has 0 radical (unpaired) electrons. The van der Waals surface area contributed by atoms with Crippen molar-refractivity contribution < 1.29 is 4.79 Å². The van der Waals surface area contributed by atoms with Gasteiger partial charge in [0.05, 0.1) is 11.7 Å². The van der Waals surface area contributed by atoms with Crippen LogP contribution in [0.3, 0.4) is 0 Å². The zero-order valence-corrected chi connectivity index (χ0v) is 18.8. The highest BCUT2D eigenvalue weighted by Crippen LogP contribution is 2.31. The number of hydrogen-bond donors (Lipinski definition) is 1. The first kappa shape index (κ1) is 21.1. The smallest absolute Gasteiger partial charge is 0.247 e. The Morgan fingerprint density at radius 3 is 2.84 bits per heavy atom. The van der Waals surface area contributed by atoms with Gasteiger partial charge in [-0.25, -0.2) is 15.0 Å². The summed E-state index contributed by atoms with van der Waals surface area (Å²) in [5.74, 6) is 1.36. The Bertz CT molecular complexity index is 1080. The van der Waals surface area contributed by atoms with Crippen LogP contribution in [-0.2, 0) is 4.79 Å². The van der Waals surface area contributed by atoms with Crippen LogP contribution in [0.5, 0.6) is 0 Å². The minimum Gasteiger partial charge on any atom is -0.329 e. The number of thiazole rings is 1. The van der Waals surface area contributed by atoms with E-state index in [1.165, 1.54) is 4.88 Å². The van der Waals surface area contributed by atoms with E-state index in [1.807, 2.05) is 36.9 Å². The Labute approximate surface area is 186 Å². The standard InChI is InChI=1S/C23H26N6OS/c1-15-13-20(28-23-26-16(2)17(3)31-23)27-22(25-15)19-8-4-5-12-29(19)21(30)10-9-18-7-6-11-24-14-18/h6-7,9-11,13-14,19H,4-5,8,12H2,1-3H3,(H,25,26,27,28)/b10-9+/t19-/m1/s1. The summed E-state index contributed by atoms with van der Waals surface area (Å²) in [4.78, 5) is 34.1. The van der Waals surface area contributed by atoms with E-state index in [0.717, 1.165) is 41.3 Å². The first-order valence-corrected chi connectivity index (χ1v) is 11.3. The average Bonchev–Trinajstić information content (AvgIpc) is 3.09. The van der Waals surface area contributed by atoms with Crippen molar-refractivity contribution in [3.05, 3.63) is 64.3 Å². The molecule has 1 aliphatic heterocycles. The third-order valence-corrected chi connectivity index (χ3v) is 6.31. The molecule has 0 aliphatic carbocycles. The molecule has 3 aromatic heterocycles. The van der Waals surface area contributed by atoms with Crippen LogP contribution in [-0.4, -0.2) is 37.3 Å². The number of likely N-dealkylation sites (tertiary alicyclic amines) is 1. The SMILES string of the molecule is Cc1cc(Nc2nc(C)c(C)s2)nc([C@H]2CCCCN2C(=O)/C=C/c2cccnc2)n1. The van der Waals surface area contributed by atoms with Gasteiger partial charge < -0.3 is 10.2 Å². The molecule has 0 spiro atoms. The third kappa shape index (κ3) is 5.14. The molecule has 160 valence electrons. The fraction of sp³-hybridized carbons (Fsp3) is 0.348. The summed E-state index contributed by atoms with van der Waals surface area (Å²) in [6.07, 6.45) is 9.76. The van der Waals surface area contributed by atoms with Crippen molar-refractivity contribution in [1.82, 2.24) is 24.8 Å². The van der Waals surface area contributed by atoms with Gasteiger partial charge >= 0.3 is 0 Å². The van der Waals surface area contributed by atoms with Crippen LogP contribution in [0.15, 0.2) is 36.7 Å². The summed E-state index contributed by atoms with van der Waals surface area (Å²) >= 11 is 1.61. The van der Waals surface area contributed by atoms with Crippen molar-refractivity contribution in [2.24, 2.45) is 0 Å². The van der Waals surface area contributed by atoms with E-state index in [1.54, 1.807) is 35.9 Å². The number of amides is 1. The lowest BCUT2D eigenvalue weighted by atomic mass is 10.0. The van der Waals surface area contributed by atoms with E-state index in [4.69, 9.17) is 4.98 Å². The van der Waals surface area contributed by atoms with E-state index in [2.05, 4.69) is 27.2 Å². The Morgan fingerprint density at radius 2 is 2.10 bits per heavy atom. The zero-order chi connectivity index (χ0) is 21.8. The van der Waals surface area contributed by atoms with Gasteiger partial charge in [-0.05, 0) is 57.7 Å². The van der Waals surface area contributed by atoms with Crippen LogP contribution in [0.1, 0.15) is 53.0 Å². The molecular formula is C23H26N6OS. The second-order valence-corrected chi connectivity index (χ2v) is 8.90. The van der Waals surface area contributed by atoms with Crippen LogP contribution >= 0.6 is 11.3 Å². The molecule has 0 bridgehead atoms. The lowest BCUT2D eigenvalue weighted by molar-refractivity contribution is -0.129. The number of aryl methyl sites for hydroxylation is 3. The Hall–Kier alpha value is -3.13. The largest absolute Gasteiger partial charge is 0.329 e. The van der Waals surface area contributed by atoms with Gasteiger partial charge in [-0.2, -0.15) is 0 Å². The summed E-state index contributed by atoms with van der Waals surface area (Å²) in [7, 11) is 0. The summed E-state index contributed by atoms with van der Waals surface area (Å²) < 4.78 is 0. The normalized spacial score (nSPS) is 16.6. The molecule has 1 amide bonds. The number of hydrogen-bond acceptors (Lipinski definition) is 7. The number of nitrogens with zero attached hydrogens (tertiary/aromatic N) is 5. The monoisotopic (exact) mass is 434 g/mol. The third-order valence-electron chi connectivity index (χ3n) is 5.32. The zero-order valence-electron chi connectivity index (χ0n) is 18.0. The molecule has 1 N–H and O–H groups in total. The molecule has 8 heteroatoms. The predicted molar refractivity (Wildman–Crippen MR) is 123 cm³/mol. The van der Waals surface area contributed by atoms with Crippen LogP contribution < -0.4 is 5.32 Å². The predicted octanol–water partition coefficient (Wildman–Crippen LogP) is 4.76. The minimum absolute atomic E-state index is 0.0284. The highest BCUT2D eigenvalue weighted by Gasteiger charge is 2.29. The van der Waals surface area contributed by atoms with Gasteiger partial charge in [-0.3, -0.25) is 9.78 Å². The summed E-state index contributed by atoms with van der Waals surface area (Å²) in [5, 5.41) is 4.12. The summed E-state index contributed by atoms with van der Waals surface area (Å²) in [6.45, 7) is 6.70. The van der Waals surface area contributed by atoms with Crippen molar-refractivity contribution in [2.75, 3.05) is 11.9 Å². The maximum atomic E-state index is 13.0. The quantitative estimate of drug-likeness (QED) is 0.583. The van der Waals surface area contributed by atoms with Gasteiger partial charge in [0.2, 0.25) is 5.91 Å². The molecule has 0 unspecified atom stereocenters. The van der Waals surface area contributed by atoms with Crippen molar-refractivity contribution in [2.45, 2.75) is 46.1 Å². The molecule has 7 nitrogen and oxygen atoms in total. The van der Waals surface area contributed by atoms with Gasteiger partial charge in [-0.1, -0.05) is 6.07 Å². The number of rotatable bonds is 5. The van der Waals surface area contributed by atoms with Gasteiger partial charge in [0, 0.05) is 41.7 Å². The molecular weight excluding hydrogens is 408 g/mol. The van der Waals surface area contributed by atoms with Gasteiger partial charge in [0.15, 0.2) is 11.0 Å². The first-order valence-electron chi connectivity index (χ1n) is 10.4. The number of carbonyl (C=O) groups is 1. The lowest BCUT2D eigenvalue weighted by Crippen LogP contribution is -2.38. The molecule has 31 heavy (non-hydrogen) atoms. The van der Waals surface area contributed by atoms with E-state index < -0.39 is 0 Å². The van der Waals surface area contributed by atoms with E-state index >= 15 is 0 Å². The lowest BCUT2D eigenvalue weighted by Gasteiger charge is -2.34. The number of anilines is 2. The fourth-order valence-electron chi connectivity index (χ4n) is 3.64. The fourth-order valence-corrected chi connectivity index (χ4v) is 4.46. The van der Waals surface area contributed by atoms with Gasteiger partial charge in [-0.15, -0.1) is 11.3 Å². The van der Waals surface area contributed by atoms with Crippen LogP contribution in [0.2, 0.25) is 0 Å². The number of carbonyl (C=O) groups excluding carboxylic acids is 1. The maximum Gasteiger partial charge on any atom is 0.247 e. The number of nitrogens with one attached hydrogen (secondary N) is 1. The van der Waals surface area contributed by atoms with Crippen LogP contribution in [0.4, 0.5) is 10.9 Å². The summed E-state index contributed by atoms with van der Waals surface area (Å²) in [6, 6.07) is 5.55. The van der Waals surface area contributed by atoms with Crippen LogP contribution in [0, 0.1) is 20.8 Å². The molecule has 1 atom stereocenters. The first-order chi connectivity index (χ1) is 15.0. The van der Waals surface area contributed by atoms with Gasteiger partial charge in [0.25, 0.3) is 0 Å². The van der Waals surface area contributed by atoms with Crippen molar-refractivity contribution in [1.29, 1.82) is 0 Å². The highest BCUT2D eigenvalue weighted by molar-refractivity contribution is 7.15. The number of aromatic nitrogens is 4. The average molecular weight is 435 g/mol. The number of piperidine rings is 1. The molecule has 4 heterocycles.